The van der Waals surface area contributed by atoms with Crippen molar-refractivity contribution >= 4 is 40.0 Å². The second-order valence-corrected chi connectivity index (χ2v) is 13.4. The molecule has 1 amide bonds. The predicted octanol–water partition coefficient (Wildman–Crippen LogP) is 7.37. The number of ether oxygens (including phenoxy) is 1. The van der Waals surface area contributed by atoms with Gasteiger partial charge in [-0.15, -0.1) is 0 Å². The third-order valence-electron chi connectivity index (χ3n) is 10.6. The van der Waals surface area contributed by atoms with Gasteiger partial charge in [-0.1, -0.05) is 30.4 Å². The number of halogens is 3. The quantitative estimate of drug-likeness (QED) is 0.180. The minimum atomic E-state index is -4.36. The molecule has 10 heteroatoms. The van der Waals surface area contributed by atoms with E-state index >= 15 is 0 Å². The van der Waals surface area contributed by atoms with Gasteiger partial charge in [0.25, 0.3) is 5.91 Å². The van der Waals surface area contributed by atoms with Crippen LogP contribution in [0.15, 0.2) is 60.7 Å². The Morgan fingerprint density at radius 3 is 2.43 bits per heavy atom. The van der Waals surface area contributed by atoms with Crippen molar-refractivity contribution in [2.45, 2.75) is 44.4 Å². The number of likely N-dealkylation sites (tertiary alicyclic amines) is 1. The first-order chi connectivity index (χ1) is 22.6. The van der Waals surface area contributed by atoms with E-state index in [4.69, 9.17) is 15.5 Å². The number of amides is 1. The van der Waals surface area contributed by atoms with Crippen molar-refractivity contribution in [3.8, 4) is 17.3 Å². The highest BCUT2D eigenvalue weighted by Gasteiger charge is 2.59. The number of fused-ring (bicyclic) bond motifs is 3. The number of nitrogens with zero attached hydrogens (tertiary/aromatic N) is 4. The first kappa shape index (κ1) is 29.8. The van der Waals surface area contributed by atoms with E-state index in [1.165, 1.54) is 25.0 Å². The lowest BCUT2D eigenvalue weighted by molar-refractivity contribution is -0.137. The summed E-state index contributed by atoms with van der Waals surface area (Å²) in [7, 11) is 3.60. The Hall–Kier alpha value is -4.57. The third kappa shape index (κ3) is 4.92. The van der Waals surface area contributed by atoms with E-state index in [2.05, 4.69) is 22.8 Å². The van der Waals surface area contributed by atoms with Crippen molar-refractivity contribution in [2.75, 3.05) is 20.2 Å². The first-order valence-corrected chi connectivity index (χ1v) is 16.1. The lowest BCUT2D eigenvalue weighted by atomic mass is 9.57. The maximum absolute atomic E-state index is 13.6. The molecular formula is C37H36F3N5O2. The zero-order valence-corrected chi connectivity index (χ0v) is 26.3. The van der Waals surface area contributed by atoms with Gasteiger partial charge in [0.1, 0.15) is 11.3 Å². The Labute approximate surface area is 270 Å². The number of benzene rings is 3. The smallest absolute Gasteiger partial charge is 0.416 e. The number of hydrogen-bond donors (Lipinski definition) is 1. The maximum Gasteiger partial charge on any atom is 0.416 e. The highest BCUT2D eigenvalue weighted by Crippen LogP contribution is 2.53. The summed E-state index contributed by atoms with van der Waals surface area (Å²) in [6.45, 7) is 2.19. The second kappa shape index (κ2) is 10.7. The fourth-order valence-electron chi connectivity index (χ4n) is 7.50. The zero-order chi connectivity index (χ0) is 32.7. The fourth-order valence-corrected chi connectivity index (χ4v) is 7.50. The second-order valence-electron chi connectivity index (χ2n) is 13.4. The number of carbonyl (C=O) groups is 1. The van der Waals surface area contributed by atoms with Gasteiger partial charge in [-0.05, 0) is 85.2 Å². The molecule has 0 spiro atoms. The van der Waals surface area contributed by atoms with Crippen molar-refractivity contribution < 1.29 is 22.7 Å². The number of nitrogens with two attached hydrogens (primary N) is 1. The molecule has 8 rings (SSSR count). The van der Waals surface area contributed by atoms with Crippen molar-refractivity contribution in [2.24, 2.45) is 24.1 Å². The van der Waals surface area contributed by atoms with Crippen LogP contribution in [0.5, 0.6) is 5.75 Å². The van der Waals surface area contributed by atoms with Crippen LogP contribution in [0, 0.1) is 11.3 Å². The summed E-state index contributed by atoms with van der Waals surface area (Å²) in [5, 5.41) is 1.05. The monoisotopic (exact) mass is 639 g/mol. The maximum atomic E-state index is 13.6. The summed E-state index contributed by atoms with van der Waals surface area (Å²) in [6.07, 6.45) is 3.84. The van der Waals surface area contributed by atoms with Crippen molar-refractivity contribution in [3.05, 3.63) is 82.9 Å². The van der Waals surface area contributed by atoms with Crippen LogP contribution in [0.25, 0.3) is 45.6 Å². The minimum absolute atomic E-state index is 0.00842. The molecule has 3 aromatic carbocycles. The number of hydrogen-bond acceptors (Lipinski definition) is 4. The summed E-state index contributed by atoms with van der Waals surface area (Å²) in [6, 6.07) is 17.5. The van der Waals surface area contributed by atoms with Gasteiger partial charge in [0.05, 0.1) is 23.9 Å². The Balaban J connectivity index is 1.15. The Morgan fingerprint density at radius 1 is 1.04 bits per heavy atom. The van der Waals surface area contributed by atoms with E-state index < -0.39 is 11.7 Å². The third-order valence-corrected chi connectivity index (χ3v) is 10.6. The molecule has 3 fully saturated rings. The summed E-state index contributed by atoms with van der Waals surface area (Å²) in [5.74, 6) is 1.99. The molecule has 1 aliphatic heterocycles. The zero-order valence-electron chi connectivity index (χ0n) is 26.3. The van der Waals surface area contributed by atoms with Crippen LogP contribution in [0.1, 0.15) is 52.7 Å². The molecule has 47 heavy (non-hydrogen) atoms. The molecular weight excluding hydrogens is 603 g/mol. The predicted molar refractivity (Wildman–Crippen MR) is 177 cm³/mol. The summed E-state index contributed by atoms with van der Waals surface area (Å²) in [5.41, 5.74) is 11.3. The van der Waals surface area contributed by atoms with Crippen LogP contribution in [0.3, 0.4) is 0 Å². The molecule has 0 radical (unpaired) electrons. The van der Waals surface area contributed by atoms with Crippen molar-refractivity contribution in [1.82, 2.24) is 19.0 Å². The van der Waals surface area contributed by atoms with Gasteiger partial charge >= 0.3 is 6.18 Å². The van der Waals surface area contributed by atoms with Gasteiger partial charge < -0.3 is 24.5 Å². The van der Waals surface area contributed by atoms with E-state index in [0.717, 1.165) is 65.0 Å². The van der Waals surface area contributed by atoms with Crippen LogP contribution in [0.4, 0.5) is 13.2 Å². The summed E-state index contributed by atoms with van der Waals surface area (Å²) < 4.78 is 49.1. The molecule has 2 aromatic heterocycles. The number of rotatable bonds is 8. The Bertz CT molecular complexity index is 2070. The highest BCUT2D eigenvalue weighted by molar-refractivity contribution is 6.01. The average molecular weight is 640 g/mol. The molecule has 7 nitrogen and oxygen atoms in total. The molecule has 1 saturated heterocycles. The van der Waals surface area contributed by atoms with E-state index in [-0.39, 0.29) is 17.4 Å². The van der Waals surface area contributed by atoms with Crippen molar-refractivity contribution in [3.63, 3.8) is 0 Å². The average Bonchev–Trinajstić information content (AvgIpc) is 3.73. The topological polar surface area (TPSA) is 78.3 Å². The molecule has 2 saturated carbocycles. The Kier molecular flexibility index (Phi) is 6.81. The number of methoxy groups -OCH3 is 1. The van der Waals surface area contributed by atoms with Crippen molar-refractivity contribution in [1.29, 1.82) is 0 Å². The van der Waals surface area contributed by atoms with Crippen LogP contribution in [-0.4, -0.2) is 51.2 Å². The number of aryl methyl sites for hydroxylation is 1. The number of aromatic nitrogens is 3. The summed E-state index contributed by atoms with van der Waals surface area (Å²) >= 11 is 0. The van der Waals surface area contributed by atoms with E-state index in [0.29, 0.717) is 41.4 Å². The van der Waals surface area contributed by atoms with E-state index in [1.54, 1.807) is 7.11 Å². The SMILES string of the molecule is COc1cc(C(=O)N2C[C@@]3(CN)CCC23)cc2nc(-c3cc4cc(/C=C/c5ccc(C(F)(F)F)cc5)ccc4n3CC3CC3)n(C)c12. The van der Waals surface area contributed by atoms with Crippen LogP contribution >= 0.6 is 0 Å². The van der Waals surface area contributed by atoms with Gasteiger partial charge in [0, 0.05) is 54.6 Å². The molecule has 3 aliphatic rings. The van der Waals surface area contributed by atoms with Gasteiger partial charge in [-0.2, -0.15) is 13.2 Å². The lowest BCUT2D eigenvalue weighted by Gasteiger charge is -2.64. The minimum Gasteiger partial charge on any atom is -0.494 e. The van der Waals surface area contributed by atoms with Gasteiger partial charge in [0.15, 0.2) is 5.82 Å². The molecule has 0 bridgehead atoms. The van der Waals surface area contributed by atoms with Crippen LogP contribution < -0.4 is 10.5 Å². The van der Waals surface area contributed by atoms with Gasteiger partial charge in [0.2, 0.25) is 0 Å². The standard InChI is InChI=1S/C37H36F3N5O2/c1-43-33-28(16-26(18-31(33)47-2)35(46)45-21-36(20-41)14-13-32(36)45)42-34(43)30-17-25-15-23(9-12-29(25)44(30)19-24-5-6-24)4-3-22-7-10-27(11-8-22)37(38,39)40/h3-4,7-12,15-18,24,32H,5-6,13-14,19-21,41H2,1-2H3/b4-3+/t32?,36-/m0/s1. The number of piperidine rings is 1. The van der Waals surface area contributed by atoms with Gasteiger partial charge in [-0.3, -0.25) is 4.79 Å². The molecule has 242 valence electrons. The largest absolute Gasteiger partial charge is 0.494 e. The molecule has 1 unspecified atom stereocenters. The summed E-state index contributed by atoms with van der Waals surface area (Å²) in [4.78, 5) is 20.7. The van der Waals surface area contributed by atoms with E-state index in [1.807, 2.05) is 46.9 Å². The Morgan fingerprint density at radius 2 is 1.79 bits per heavy atom. The van der Waals surface area contributed by atoms with Gasteiger partial charge in [-0.25, -0.2) is 4.98 Å². The first-order valence-electron chi connectivity index (χ1n) is 16.1. The molecule has 2 aliphatic carbocycles. The fraction of sp³-hybridized carbons (Fsp3) is 0.351. The highest BCUT2D eigenvalue weighted by atomic mass is 19.4. The normalized spacial score (nSPS) is 20.9. The lowest BCUT2D eigenvalue weighted by Crippen LogP contribution is -2.74. The number of alkyl halides is 3. The number of imidazole rings is 1. The molecule has 2 atom stereocenters. The molecule has 5 aromatic rings. The van der Waals surface area contributed by atoms with E-state index in [9.17, 15) is 18.0 Å². The molecule has 2 N–H and O–H groups in total. The van der Waals surface area contributed by atoms with Crippen LogP contribution in [0.2, 0.25) is 0 Å². The number of carbonyl (C=O) groups excluding carboxylic acids is 1. The van der Waals surface area contributed by atoms with Crippen LogP contribution in [-0.2, 0) is 19.8 Å². The molecule has 3 heterocycles.